The van der Waals surface area contributed by atoms with Crippen LogP contribution in [0.2, 0.25) is 0 Å². The summed E-state index contributed by atoms with van der Waals surface area (Å²) in [4.78, 5) is 40.4. The SMILES string of the molecule is Cc1cc(C(=O)N[C@H]2CCCN(C(=O)c3ccco3)C2)cc(=O)[nH]1. The number of rotatable bonds is 3. The molecule has 1 atom stereocenters. The summed E-state index contributed by atoms with van der Waals surface area (Å²) in [5.74, 6) is -0.181. The van der Waals surface area contributed by atoms with Crippen LogP contribution in [0.3, 0.4) is 0 Å². The molecule has 2 aromatic rings. The third-order valence-electron chi connectivity index (χ3n) is 4.02. The van der Waals surface area contributed by atoms with Crippen molar-refractivity contribution < 1.29 is 14.0 Å². The van der Waals surface area contributed by atoms with Gasteiger partial charge in [0.15, 0.2) is 5.76 Å². The van der Waals surface area contributed by atoms with E-state index in [9.17, 15) is 14.4 Å². The van der Waals surface area contributed by atoms with Crippen LogP contribution in [-0.4, -0.2) is 40.8 Å². The van der Waals surface area contributed by atoms with Crippen molar-refractivity contribution in [2.24, 2.45) is 0 Å². The van der Waals surface area contributed by atoms with Gasteiger partial charge in [-0.15, -0.1) is 0 Å². The first-order valence-corrected chi connectivity index (χ1v) is 7.87. The number of amides is 2. The highest BCUT2D eigenvalue weighted by Gasteiger charge is 2.27. The molecule has 2 aromatic heterocycles. The Kier molecular flexibility index (Phi) is 4.50. The van der Waals surface area contributed by atoms with Crippen LogP contribution in [0.5, 0.6) is 0 Å². The maximum Gasteiger partial charge on any atom is 0.289 e. The van der Waals surface area contributed by atoms with Crippen molar-refractivity contribution in [1.82, 2.24) is 15.2 Å². The van der Waals surface area contributed by atoms with E-state index in [0.717, 1.165) is 12.8 Å². The monoisotopic (exact) mass is 329 g/mol. The predicted molar refractivity (Wildman–Crippen MR) is 86.9 cm³/mol. The molecule has 7 heteroatoms. The van der Waals surface area contributed by atoms with Gasteiger partial charge in [-0.05, 0) is 38.0 Å². The van der Waals surface area contributed by atoms with Gasteiger partial charge in [-0.25, -0.2) is 0 Å². The third-order valence-corrected chi connectivity index (χ3v) is 4.02. The topological polar surface area (TPSA) is 95.4 Å². The number of hydrogen-bond acceptors (Lipinski definition) is 4. The van der Waals surface area contributed by atoms with Crippen molar-refractivity contribution in [2.45, 2.75) is 25.8 Å². The van der Waals surface area contributed by atoms with Crippen LogP contribution in [-0.2, 0) is 0 Å². The van der Waals surface area contributed by atoms with Gasteiger partial charge in [0.1, 0.15) is 0 Å². The number of nitrogens with zero attached hydrogens (tertiary/aromatic N) is 1. The van der Waals surface area contributed by atoms with E-state index in [0.29, 0.717) is 30.1 Å². The Hall–Kier alpha value is -2.83. The first-order chi connectivity index (χ1) is 11.5. The average molecular weight is 329 g/mol. The minimum Gasteiger partial charge on any atom is -0.459 e. The molecule has 2 N–H and O–H groups in total. The Labute approximate surface area is 138 Å². The number of aryl methyl sites for hydroxylation is 1. The Morgan fingerprint density at radius 2 is 2.21 bits per heavy atom. The van der Waals surface area contributed by atoms with Crippen LogP contribution in [0, 0.1) is 6.92 Å². The van der Waals surface area contributed by atoms with E-state index < -0.39 is 0 Å². The summed E-state index contributed by atoms with van der Waals surface area (Å²) in [6.07, 6.45) is 3.05. The zero-order chi connectivity index (χ0) is 17.1. The summed E-state index contributed by atoms with van der Waals surface area (Å²) < 4.78 is 5.14. The molecular formula is C17H19N3O4. The molecule has 0 aromatic carbocycles. The number of nitrogens with one attached hydrogen (secondary N) is 2. The highest BCUT2D eigenvalue weighted by atomic mass is 16.3. The molecule has 3 rings (SSSR count). The lowest BCUT2D eigenvalue weighted by Crippen LogP contribution is -2.49. The minimum absolute atomic E-state index is 0.148. The Bertz CT molecular complexity index is 794. The second-order valence-electron chi connectivity index (χ2n) is 5.96. The van der Waals surface area contributed by atoms with Gasteiger partial charge in [-0.2, -0.15) is 0 Å². The zero-order valence-corrected chi connectivity index (χ0v) is 13.4. The first kappa shape index (κ1) is 16.0. The normalized spacial score (nSPS) is 17.5. The summed E-state index contributed by atoms with van der Waals surface area (Å²) in [5, 5.41) is 2.90. The predicted octanol–water partition coefficient (Wildman–Crippen LogP) is 1.31. The summed E-state index contributed by atoms with van der Waals surface area (Å²) in [5.41, 5.74) is 0.648. The van der Waals surface area contributed by atoms with E-state index in [2.05, 4.69) is 10.3 Å². The van der Waals surface area contributed by atoms with Gasteiger partial charge in [0.05, 0.1) is 6.26 Å². The summed E-state index contributed by atoms with van der Waals surface area (Å²) >= 11 is 0. The lowest BCUT2D eigenvalue weighted by atomic mass is 10.0. The fourth-order valence-electron chi connectivity index (χ4n) is 2.92. The second kappa shape index (κ2) is 6.74. The van der Waals surface area contributed by atoms with E-state index in [1.54, 1.807) is 30.0 Å². The van der Waals surface area contributed by atoms with E-state index in [4.69, 9.17) is 4.42 Å². The van der Waals surface area contributed by atoms with Gasteiger partial charge < -0.3 is 19.6 Å². The molecule has 1 aliphatic heterocycles. The lowest BCUT2D eigenvalue weighted by molar-refractivity contribution is 0.0647. The third kappa shape index (κ3) is 3.56. The maximum atomic E-state index is 12.3. The van der Waals surface area contributed by atoms with Crippen molar-refractivity contribution >= 4 is 11.8 Å². The molecule has 0 saturated carbocycles. The van der Waals surface area contributed by atoms with E-state index in [1.807, 2.05) is 0 Å². The molecule has 1 aliphatic rings. The first-order valence-electron chi connectivity index (χ1n) is 7.87. The van der Waals surface area contributed by atoms with Crippen LogP contribution in [0.15, 0.2) is 39.7 Å². The maximum absolute atomic E-state index is 12.3. The largest absolute Gasteiger partial charge is 0.459 e. The van der Waals surface area contributed by atoms with Crippen molar-refractivity contribution in [3.8, 4) is 0 Å². The van der Waals surface area contributed by atoms with Crippen molar-refractivity contribution in [1.29, 1.82) is 0 Å². The van der Waals surface area contributed by atoms with Crippen LogP contribution < -0.4 is 10.9 Å². The Morgan fingerprint density at radius 3 is 2.92 bits per heavy atom. The molecule has 1 fully saturated rings. The second-order valence-corrected chi connectivity index (χ2v) is 5.96. The number of piperidine rings is 1. The van der Waals surface area contributed by atoms with Crippen molar-refractivity contribution in [3.63, 3.8) is 0 Å². The van der Waals surface area contributed by atoms with Gasteiger partial charge in [0, 0.05) is 36.5 Å². The molecule has 0 bridgehead atoms. The van der Waals surface area contributed by atoms with Crippen LogP contribution in [0.25, 0.3) is 0 Å². The molecule has 1 saturated heterocycles. The standard InChI is InChI=1S/C17H19N3O4/c1-11-8-12(9-15(21)18-11)16(22)19-13-4-2-6-20(10-13)17(23)14-5-3-7-24-14/h3,5,7-9,13H,2,4,6,10H2,1H3,(H,18,21)(H,19,22)/t13-/m0/s1. The average Bonchev–Trinajstić information content (AvgIpc) is 3.08. The van der Waals surface area contributed by atoms with Gasteiger partial charge >= 0.3 is 0 Å². The molecule has 0 aliphatic carbocycles. The summed E-state index contributed by atoms with van der Waals surface area (Å²) in [6, 6.07) is 6.06. The van der Waals surface area contributed by atoms with Gasteiger partial charge in [0.25, 0.3) is 11.8 Å². The highest BCUT2D eigenvalue weighted by Crippen LogP contribution is 2.15. The summed E-state index contributed by atoms with van der Waals surface area (Å²) in [7, 11) is 0. The number of hydrogen-bond donors (Lipinski definition) is 2. The number of aromatic amines is 1. The number of furan rings is 1. The minimum atomic E-state index is -0.307. The molecule has 2 amide bonds. The molecule has 0 unspecified atom stereocenters. The van der Waals surface area contributed by atoms with Crippen LogP contribution in [0.1, 0.15) is 39.4 Å². The zero-order valence-electron chi connectivity index (χ0n) is 13.4. The van der Waals surface area contributed by atoms with Gasteiger partial charge in [-0.3, -0.25) is 14.4 Å². The van der Waals surface area contributed by atoms with Gasteiger partial charge in [0.2, 0.25) is 5.56 Å². The van der Waals surface area contributed by atoms with Crippen LogP contribution >= 0.6 is 0 Å². The van der Waals surface area contributed by atoms with Gasteiger partial charge in [-0.1, -0.05) is 0 Å². The fourth-order valence-corrected chi connectivity index (χ4v) is 2.92. The number of carbonyl (C=O) groups is 2. The fraction of sp³-hybridized carbons (Fsp3) is 0.353. The molecule has 24 heavy (non-hydrogen) atoms. The molecular weight excluding hydrogens is 310 g/mol. The molecule has 7 nitrogen and oxygen atoms in total. The number of aromatic nitrogens is 1. The molecule has 126 valence electrons. The summed E-state index contributed by atoms with van der Waals surface area (Å²) in [6.45, 7) is 2.78. The number of H-pyrrole nitrogens is 1. The quantitative estimate of drug-likeness (QED) is 0.887. The Morgan fingerprint density at radius 1 is 1.38 bits per heavy atom. The van der Waals surface area contributed by atoms with E-state index in [-0.39, 0.29) is 23.4 Å². The lowest BCUT2D eigenvalue weighted by Gasteiger charge is -2.32. The molecule has 0 spiro atoms. The molecule has 0 radical (unpaired) electrons. The van der Waals surface area contributed by atoms with E-state index in [1.165, 1.54) is 12.3 Å². The highest BCUT2D eigenvalue weighted by molar-refractivity contribution is 5.94. The smallest absolute Gasteiger partial charge is 0.289 e. The van der Waals surface area contributed by atoms with Crippen LogP contribution in [0.4, 0.5) is 0 Å². The number of likely N-dealkylation sites (tertiary alicyclic amines) is 1. The number of carbonyl (C=O) groups excluding carboxylic acids is 2. The Balaban J connectivity index is 1.66. The molecule has 3 heterocycles. The van der Waals surface area contributed by atoms with Crippen molar-refractivity contribution in [3.05, 3.63) is 57.9 Å². The van der Waals surface area contributed by atoms with E-state index >= 15 is 0 Å². The van der Waals surface area contributed by atoms with Crippen molar-refractivity contribution in [2.75, 3.05) is 13.1 Å². The number of pyridine rings is 1.